The summed E-state index contributed by atoms with van der Waals surface area (Å²) in [5, 5.41) is 12.3. The van der Waals surface area contributed by atoms with E-state index < -0.39 is 6.04 Å². The van der Waals surface area contributed by atoms with Gasteiger partial charge < -0.3 is 15.3 Å². The minimum atomic E-state index is -0.625. The Balaban J connectivity index is 1.96. The summed E-state index contributed by atoms with van der Waals surface area (Å²) in [4.78, 5) is 26.0. The van der Waals surface area contributed by atoms with Gasteiger partial charge in [0.2, 0.25) is 5.91 Å². The number of hydrogen-bond acceptors (Lipinski definition) is 3. The summed E-state index contributed by atoms with van der Waals surface area (Å²) in [6, 6.07) is 6.07. The number of amides is 2. The van der Waals surface area contributed by atoms with Crippen molar-refractivity contribution in [2.75, 3.05) is 13.2 Å². The standard InChI is InChI=1S/C15H19ClN2O3/c1-10(15(21)18(8-9-19)13-6-7-13)17-14(20)11-2-4-12(16)5-3-11/h2-5,10,13,19H,6-9H2,1H3,(H,17,20). The number of rotatable bonds is 6. The highest BCUT2D eigenvalue weighted by molar-refractivity contribution is 6.30. The predicted octanol–water partition coefficient (Wildman–Crippen LogP) is 1.44. The van der Waals surface area contributed by atoms with Crippen molar-refractivity contribution < 1.29 is 14.7 Å². The van der Waals surface area contributed by atoms with Crippen LogP contribution in [-0.4, -0.2) is 47.1 Å². The molecule has 114 valence electrons. The van der Waals surface area contributed by atoms with Crippen molar-refractivity contribution in [1.82, 2.24) is 10.2 Å². The van der Waals surface area contributed by atoms with Crippen molar-refractivity contribution in [3.8, 4) is 0 Å². The Kier molecular flexibility index (Phi) is 5.20. The van der Waals surface area contributed by atoms with E-state index in [-0.39, 0.29) is 24.5 Å². The van der Waals surface area contributed by atoms with Crippen LogP contribution < -0.4 is 5.32 Å². The van der Waals surface area contributed by atoms with Gasteiger partial charge in [0.1, 0.15) is 6.04 Å². The Morgan fingerprint density at radius 2 is 2.00 bits per heavy atom. The Labute approximate surface area is 128 Å². The molecule has 1 fully saturated rings. The molecular formula is C15H19ClN2O3. The molecule has 0 spiro atoms. The van der Waals surface area contributed by atoms with Gasteiger partial charge >= 0.3 is 0 Å². The van der Waals surface area contributed by atoms with E-state index in [4.69, 9.17) is 16.7 Å². The molecule has 1 aliphatic rings. The first kappa shape index (κ1) is 15.8. The lowest BCUT2D eigenvalue weighted by molar-refractivity contribution is -0.133. The average Bonchev–Trinajstić information content (AvgIpc) is 3.29. The summed E-state index contributed by atoms with van der Waals surface area (Å²) in [6.07, 6.45) is 1.92. The van der Waals surface area contributed by atoms with Crippen LogP contribution in [0.1, 0.15) is 30.1 Å². The first-order valence-electron chi connectivity index (χ1n) is 7.00. The van der Waals surface area contributed by atoms with Crippen molar-refractivity contribution in [3.05, 3.63) is 34.9 Å². The van der Waals surface area contributed by atoms with E-state index in [2.05, 4.69) is 5.32 Å². The molecule has 1 atom stereocenters. The molecule has 0 bridgehead atoms. The highest BCUT2D eigenvalue weighted by atomic mass is 35.5. The summed E-state index contributed by atoms with van der Waals surface area (Å²) < 4.78 is 0. The predicted molar refractivity (Wildman–Crippen MR) is 80.2 cm³/mol. The third-order valence-electron chi connectivity index (χ3n) is 3.44. The summed E-state index contributed by atoms with van der Waals surface area (Å²) in [6.45, 7) is 1.90. The molecule has 1 aromatic carbocycles. The number of carbonyl (C=O) groups excluding carboxylic acids is 2. The Hall–Kier alpha value is -1.59. The van der Waals surface area contributed by atoms with Crippen LogP contribution in [0.25, 0.3) is 0 Å². The number of carbonyl (C=O) groups is 2. The molecule has 1 unspecified atom stereocenters. The van der Waals surface area contributed by atoms with Crippen LogP contribution >= 0.6 is 11.6 Å². The molecule has 2 rings (SSSR count). The van der Waals surface area contributed by atoms with Gasteiger partial charge in [-0.3, -0.25) is 9.59 Å². The van der Waals surface area contributed by atoms with Crippen LogP contribution in [0.3, 0.4) is 0 Å². The zero-order valence-corrected chi connectivity index (χ0v) is 12.6. The largest absolute Gasteiger partial charge is 0.395 e. The molecule has 5 nitrogen and oxygen atoms in total. The lowest BCUT2D eigenvalue weighted by Gasteiger charge is -2.25. The average molecular weight is 311 g/mol. The molecule has 6 heteroatoms. The Morgan fingerprint density at radius 3 is 2.52 bits per heavy atom. The maximum absolute atomic E-state index is 12.3. The second-order valence-corrected chi connectivity index (χ2v) is 5.62. The summed E-state index contributed by atoms with van der Waals surface area (Å²) >= 11 is 5.77. The number of nitrogens with zero attached hydrogens (tertiary/aromatic N) is 1. The number of hydrogen-bond donors (Lipinski definition) is 2. The first-order valence-corrected chi connectivity index (χ1v) is 7.38. The van der Waals surface area contributed by atoms with E-state index in [1.165, 1.54) is 0 Å². The molecule has 0 aliphatic heterocycles. The smallest absolute Gasteiger partial charge is 0.251 e. The molecule has 1 aliphatic carbocycles. The van der Waals surface area contributed by atoms with Gasteiger partial charge in [-0.2, -0.15) is 0 Å². The van der Waals surface area contributed by atoms with Crippen LogP contribution in [0.4, 0.5) is 0 Å². The van der Waals surface area contributed by atoms with Gasteiger partial charge in [-0.15, -0.1) is 0 Å². The van der Waals surface area contributed by atoms with E-state index in [0.29, 0.717) is 17.1 Å². The van der Waals surface area contributed by atoms with Crippen LogP contribution in [0.2, 0.25) is 5.02 Å². The fraction of sp³-hybridized carbons (Fsp3) is 0.467. The number of aliphatic hydroxyl groups is 1. The molecule has 0 aromatic heterocycles. The summed E-state index contributed by atoms with van der Waals surface area (Å²) in [5.41, 5.74) is 0.458. The number of halogens is 1. The normalized spacial score (nSPS) is 15.4. The number of benzene rings is 1. The fourth-order valence-corrected chi connectivity index (χ4v) is 2.28. The van der Waals surface area contributed by atoms with E-state index in [1.54, 1.807) is 36.1 Å². The zero-order valence-electron chi connectivity index (χ0n) is 11.9. The lowest BCUT2D eigenvalue weighted by Crippen LogP contribution is -2.48. The maximum atomic E-state index is 12.3. The van der Waals surface area contributed by atoms with Crippen molar-refractivity contribution in [2.45, 2.75) is 31.8 Å². The molecule has 0 radical (unpaired) electrons. The van der Waals surface area contributed by atoms with Gasteiger partial charge in [0.25, 0.3) is 5.91 Å². The van der Waals surface area contributed by atoms with Gasteiger partial charge in [0, 0.05) is 23.2 Å². The highest BCUT2D eigenvalue weighted by Gasteiger charge is 2.34. The molecule has 0 saturated heterocycles. The van der Waals surface area contributed by atoms with Gasteiger partial charge in [0.05, 0.1) is 6.61 Å². The van der Waals surface area contributed by atoms with Gasteiger partial charge in [0.15, 0.2) is 0 Å². The van der Waals surface area contributed by atoms with E-state index in [0.717, 1.165) is 12.8 Å². The van der Waals surface area contributed by atoms with E-state index in [1.807, 2.05) is 0 Å². The SMILES string of the molecule is CC(NC(=O)c1ccc(Cl)cc1)C(=O)N(CCO)C1CC1. The van der Waals surface area contributed by atoms with Crippen LogP contribution in [0, 0.1) is 0 Å². The highest BCUT2D eigenvalue weighted by Crippen LogP contribution is 2.27. The quantitative estimate of drug-likeness (QED) is 0.835. The van der Waals surface area contributed by atoms with E-state index in [9.17, 15) is 9.59 Å². The lowest BCUT2D eigenvalue weighted by atomic mass is 10.2. The second kappa shape index (κ2) is 6.91. The van der Waals surface area contributed by atoms with E-state index >= 15 is 0 Å². The van der Waals surface area contributed by atoms with Gasteiger partial charge in [-0.05, 0) is 44.0 Å². The Morgan fingerprint density at radius 1 is 1.38 bits per heavy atom. The topological polar surface area (TPSA) is 69.6 Å². The number of aliphatic hydroxyl groups excluding tert-OH is 1. The van der Waals surface area contributed by atoms with Crippen molar-refractivity contribution in [2.24, 2.45) is 0 Å². The molecule has 0 heterocycles. The number of nitrogens with one attached hydrogen (secondary N) is 1. The monoisotopic (exact) mass is 310 g/mol. The van der Waals surface area contributed by atoms with Crippen molar-refractivity contribution in [3.63, 3.8) is 0 Å². The van der Waals surface area contributed by atoms with Crippen LogP contribution in [-0.2, 0) is 4.79 Å². The second-order valence-electron chi connectivity index (χ2n) is 5.19. The minimum Gasteiger partial charge on any atom is -0.395 e. The van der Waals surface area contributed by atoms with Crippen LogP contribution in [0.5, 0.6) is 0 Å². The summed E-state index contributed by atoms with van der Waals surface area (Å²) in [5.74, 6) is -0.471. The molecule has 1 aromatic rings. The van der Waals surface area contributed by atoms with Crippen molar-refractivity contribution >= 4 is 23.4 Å². The molecule has 2 N–H and O–H groups in total. The van der Waals surface area contributed by atoms with Gasteiger partial charge in [-0.25, -0.2) is 0 Å². The third-order valence-corrected chi connectivity index (χ3v) is 3.69. The molecule has 21 heavy (non-hydrogen) atoms. The summed E-state index contributed by atoms with van der Waals surface area (Å²) in [7, 11) is 0. The Bertz CT molecular complexity index is 514. The zero-order chi connectivity index (χ0) is 15.4. The maximum Gasteiger partial charge on any atom is 0.251 e. The first-order chi connectivity index (χ1) is 10.0. The molecular weight excluding hydrogens is 292 g/mol. The van der Waals surface area contributed by atoms with Gasteiger partial charge in [-0.1, -0.05) is 11.6 Å². The van der Waals surface area contributed by atoms with Crippen LogP contribution in [0.15, 0.2) is 24.3 Å². The fourth-order valence-electron chi connectivity index (χ4n) is 2.16. The molecule has 2 amide bonds. The molecule has 1 saturated carbocycles. The third kappa shape index (κ3) is 4.19. The van der Waals surface area contributed by atoms with Crippen molar-refractivity contribution in [1.29, 1.82) is 0 Å². The minimum absolute atomic E-state index is 0.0694.